The van der Waals surface area contributed by atoms with Crippen molar-refractivity contribution in [2.75, 3.05) is 13.2 Å². The van der Waals surface area contributed by atoms with E-state index in [4.69, 9.17) is 19.5 Å². The standard InChI is InChI=1S/C19H32N2O2/c1-3-5-9-15-13-22-17(20-15)19(11-7-8-12-19)18-21-16(14-23-18)10-6-4-2/h15-16H,3-14H2,1-2H3. The molecule has 0 bridgehead atoms. The van der Waals surface area contributed by atoms with Gasteiger partial charge in [-0.2, -0.15) is 0 Å². The van der Waals surface area contributed by atoms with Crippen LogP contribution in [0.3, 0.4) is 0 Å². The molecular formula is C19H32N2O2. The number of nitrogens with zero attached hydrogens (tertiary/aromatic N) is 2. The Kier molecular flexibility index (Phi) is 5.60. The van der Waals surface area contributed by atoms with Crippen LogP contribution in [0.1, 0.15) is 78.1 Å². The summed E-state index contributed by atoms with van der Waals surface area (Å²) >= 11 is 0. The molecule has 0 aromatic heterocycles. The van der Waals surface area contributed by atoms with Crippen LogP contribution in [0.5, 0.6) is 0 Å². The van der Waals surface area contributed by atoms with Crippen LogP contribution in [-0.2, 0) is 9.47 Å². The van der Waals surface area contributed by atoms with Gasteiger partial charge < -0.3 is 9.47 Å². The maximum Gasteiger partial charge on any atom is 0.199 e. The summed E-state index contributed by atoms with van der Waals surface area (Å²) in [5, 5.41) is 0. The molecule has 23 heavy (non-hydrogen) atoms. The zero-order chi connectivity index (χ0) is 16.1. The first-order chi connectivity index (χ1) is 11.3. The van der Waals surface area contributed by atoms with Crippen LogP contribution in [-0.4, -0.2) is 37.1 Å². The average molecular weight is 320 g/mol. The highest BCUT2D eigenvalue weighted by Crippen LogP contribution is 2.44. The van der Waals surface area contributed by atoms with Crippen LogP contribution in [0.15, 0.2) is 9.98 Å². The molecule has 2 atom stereocenters. The van der Waals surface area contributed by atoms with Crippen molar-refractivity contribution in [3.8, 4) is 0 Å². The maximum absolute atomic E-state index is 6.07. The summed E-state index contributed by atoms with van der Waals surface area (Å²) in [6.45, 7) is 5.97. The van der Waals surface area contributed by atoms with Gasteiger partial charge in [-0.05, 0) is 25.7 Å². The predicted octanol–water partition coefficient (Wildman–Crippen LogP) is 4.52. The van der Waals surface area contributed by atoms with Gasteiger partial charge in [-0.3, -0.25) is 0 Å². The van der Waals surface area contributed by atoms with E-state index in [-0.39, 0.29) is 5.41 Å². The van der Waals surface area contributed by atoms with Crippen molar-refractivity contribution in [3.63, 3.8) is 0 Å². The smallest absolute Gasteiger partial charge is 0.199 e. The Morgan fingerprint density at radius 3 is 1.78 bits per heavy atom. The monoisotopic (exact) mass is 320 g/mol. The lowest BCUT2D eigenvalue weighted by Crippen LogP contribution is -2.37. The summed E-state index contributed by atoms with van der Waals surface area (Å²) in [6, 6.07) is 0.695. The van der Waals surface area contributed by atoms with Crippen molar-refractivity contribution in [1.82, 2.24) is 0 Å². The second kappa shape index (κ2) is 7.67. The average Bonchev–Trinajstić information content (AvgIpc) is 3.30. The first kappa shape index (κ1) is 16.8. The second-order valence-electron chi connectivity index (χ2n) is 7.37. The van der Waals surface area contributed by atoms with E-state index in [0.717, 1.165) is 50.7 Å². The van der Waals surface area contributed by atoms with Crippen LogP contribution in [0.4, 0.5) is 0 Å². The van der Waals surface area contributed by atoms with Gasteiger partial charge in [0.25, 0.3) is 0 Å². The summed E-state index contributed by atoms with van der Waals surface area (Å²) in [6.07, 6.45) is 11.8. The minimum absolute atomic E-state index is 0.137. The van der Waals surface area contributed by atoms with Crippen molar-refractivity contribution in [2.45, 2.75) is 90.1 Å². The lowest BCUT2D eigenvalue weighted by Gasteiger charge is -2.26. The molecule has 2 aliphatic heterocycles. The second-order valence-corrected chi connectivity index (χ2v) is 7.37. The Hall–Kier alpha value is -1.06. The zero-order valence-corrected chi connectivity index (χ0v) is 14.9. The van der Waals surface area contributed by atoms with Crippen LogP contribution in [0.25, 0.3) is 0 Å². The van der Waals surface area contributed by atoms with E-state index in [1.54, 1.807) is 0 Å². The van der Waals surface area contributed by atoms with Gasteiger partial charge in [0.15, 0.2) is 11.8 Å². The quantitative estimate of drug-likeness (QED) is 0.660. The van der Waals surface area contributed by atoms with Gasteiger partial charge in [0, 0.05) is 0 Å². The van der Waals surface area contributed by atoms with Gasteiger partial charge in [-0.25, -0.2) is 9.98 Å². The predicted molar refractivity (Wildman–Crippen MR) is 94.3 cm³/mol. The van der Waals surface area contributed by atoms with Gasteiger partial charge in [0.05, 0.1) is 12.1 Å². The molecule has 1 fully saturated rings. The molecule has 4 heteroatoms. The molecule has 0 N–H and O–H groups in total. The topological polar surface area (TPSA) is 43.2 Å². The third kappa shape index (κ3) is 3.56. The van der Waals surface area contributed by atoms with Crippen molar-refractivity contribution < 1.29 is 9.47 Å². The summed E-state index contributed by atoms with van der Waals surface area (Å²) < 4.78 is 12.1. The van der Waals surface area contributed by atoms with Crippen molar-refractivity contribution in [3.05, 3.63) is 0 Å². The summed E-state index contributed by atoms with van der Waals surface area (Å²) in [7, 11) is 0. The molecule has 1 aliphatic carbocycles. The Bertz CT molecular complexity index is 416. The molecule has 1 saturated carbocycles. The largest absolute Gasteiger partial charge is 0.478 e. The van der Waals surface area contributed by atoms with E-state index >= 15 is 0 Å². The molecule has 2 heterocycles. The highest BCUT2D eigenvalue weighted by molar-refractivity contribution is 6.06. The van der Waals surface area contributed by atoms with Crippen LogP contribution < -0.4 is 0 Å². The summed E-state index contributed by atoms with van der Waals surface area (Å²) in [5.41, 5.74) is -0.137. The van der Waals surface area contributed by atoms with E-state index < -0.39 is 0 Å². The first-order valence-corrected chi connectivity index (χ1v) is 9.70. The highest BCUT2D eigenvalue weighted by Gasteiger charge is 2.50. The Morgan fingerprint density at radius 2 is 1.35 bits per heavy atom. The van der Waals surface area contributed by atoms with Crippen molar-refractivity contribution in [1.29, 1.82) is 0 Å². The van der Waals surface area contributed by atoms with E-state index in [1.807, 2.05) is 0 Å². The molecule has 0 saturated heterocycles. The molecule has 3 aliphatic rings. The molecule has 0 aromatic rings. The van der Waals surface area contributed by atoms with Gasteiger partial charge in [0.2, 0.25) is 0 Å². The lowest BCUT2D eigenvalue weighted by atomic mass is 9.85. The molecule has 0 spiro atoms. The van der Waals surface area contributed by atoms with Gasteiger partial charge >= 0.3 is 0 Å². The van der Waals surface area contributed by atoms with Gasteiger partial charge in [-0.15, -0.1) is 0 Å². The summed E-state index contributed by atoms with van der Waals surface area (Å²) in [4.78, 5) is 9.89. The minimum atomic E-state index is -0.137. The molecule has 2 unspecified atom stereocenters. The Balaban J connectivity index is 1.73. The number of ether oxygens (including phenoxy) is 2. The zero-order valence-electron chi connectivity index (χ0n) is 14.9. The number of rotatable bonds is 8. The van der Waals surface area contributed by atoms with Crippen LogP contribution >= 0.6 is 0 Å². The number of unbranched alkanes of at least 4 members (excludes halogenated alkanes) is 2. The molecule has 4 nitrogen and oxygen atoms in total. The molecule has 130 valence electrons. The maximum atomic E-state index is 6.07. The SMILES string of the molecule is CCCCC1COC(C2(C3=NC(CCCC)CO3)CCCC2)=N1. The molecule has 0 radical (unpaired) electrons. The number of hydrogen-bond acceptors (Lipinski definition) is 4. The molecule has 0 aromatic carbocycles. The Morgan fingerprint density at radius 1 is 0.870 bits per heavy atom. The van der Waals surface area contributed by atoms with Crippen LogP contribution in [0.2, 0.25) is 0 Å². The van der Waals surface area contributed by atoms with E-state index in [1.165, 1.54) is 38.5 Å². The molecule has 3 rings (SSSR count). The first-order valence-electron chi connectivity index (χ1n) is 9.70. The number of aliphatic imine (C=N–C) groups is 2. The van der Waals surface area contributed by atoms with Crippen molar-refractivity contribution in [2.24, 2.45) is 15.4 Å². The van der Waals surface area contributed by atoms with Gasteiger partial charge in [-0.1, -0.05) is 52.4 Å². The normalized spacial score (nSPS) is 29.1. The highest BCUT2D eigenvalue weighted by atomic mass is 16.5. The fraction of sp³-hybridized carbons (Fsp3) is 0.895. The Labute approximate surface area is 140 Å². The van der Waals surface area contributed by atoms with E-state index in [9.17, 15) is 0 Å². The van der Waals surface area contributed by atoms with Crippen molar-refractivity contribution >= 4 is 11.8 Å². The fourth-order valence-corrected chi connectivity index (χ4v) is 4.03. The third-order valence-corrected chi connectivity index (χ3v) is 5.48. The molecular weight excluding hydrogens is 288 g/mol. The van der Waals surface area contributed by atoms with Gasteiger partial charge in [0.1, 0.15) is 18.6 Å². The number of hydrogen-bond donors (Lipinski definition) is 0. The fourth-order valence-electron chi connectivity index (χ4n) is 4.03. The molecule has 0 amide bonds. The van der Waals surface area contributed by atoms with E-state index in [2.05, 4.69) is 13.8 Å². The van der Waals surface area contributed by atoms with E-state index in [0.29, 0.717) is 12.1 Å². The lowest BCUT2D eigenvalue weighted by molar-refractivity contribution is 0.249. The minimum Gasteiger partial charge on any atom is -0.478 e. The third-order valence-electron chi connectivity index (χ3n) is 5.48. The summed E-state index contributed by atoms with van der Waals surface area (Å²) in [5.74, 6) is 1.87. The van der Waals surface area contributed by atoms with Crippen LogP contribution in [0, 0.1) is 5.41 Å².